The van der Waals surface area contributed by atoms with Crippen LogP contribution in [0.1, 0.15) is 17.0 Å². The Morgan fingerprint density at radius 1 is 1.17 bits per heavy atom. The summed E-state index contributed by atoms with van der Waals surface area (Å²) in [4.78, 5) is 4.23. The zero-order chi connectivity index (χ0) is 17.1. The number of halogens is 3. The second kappa shape index (κ2) is 7.01. The highest BCUT2D eigenvalue weighted by atomic mass is 35.5. The van der Waals surface area contributed by atoms with Gasteiger partial charge in [-0.25, -0.2) is 13.8 Å². The molecule has 0 spiro atoms. The number of aryl methyl sites for hydroxylation is 1. The van der Waals surface area contributed by atoms with Gasteiger partial charge in [0.25, 0.3) is 0 Å². The first kappa shape index (κ1) is 16.5. The lowest BCUT2D eigenvalue weighted by Crippen LogP contribution is -2.08. The molecule has 0 unspecified atom stereocenters. The van der Waals surface area contributed by atoms with Crippen LogP contribution in [0.3, 0.4) is 0 Å². The second-order valence-corrected chi connectivity index (χ2v) is 5.91. The SMILES string of the molecule is Cc1cc(Cl)cc(Cn2ccnc2COc2ccc(F)cc2F)c1. The summed E-state index contributed by atoms with van der Waals surface area (Å²) in [6.07, 6.45) is 3.47. The van der Waals surface area contributed by atoms with Crippen LogP contribution in [0.2, 0.25) is 5.02 Å². The minimum absolute atomic E-state index is 0.00968. The van der Waals surface area contributed by atoms with Crippen molar-refractivity contribution < 1.29 is 13.5 Å². The molecule has 0 aliphatic heterocycles. The average molecular weight is 349 g/mol. The molecule has 1 heterocycles. The summed E-state index contributed by atoms with van der Waals surface area (Å²) in [5, 5.41) is 0.677. The van der Waals surface area contributed by atoms with Crippen molar-refractivity contribution in [3.63, 3.8) is 0 Å². The zero-order valence-corrected chi connectivity index (χ0v) is 13.7. The summed E-state index contributed by atoms with van der Waals surface area (Å²) in [6, 6.07) is 9.02. The molecule has 0 amide bonds. The van der Waals surface area contributed by atoms with Gasteiger partial charge in [0.1, 0.15) is 18.2 Å². The molecular formula is C18H15ClF2N2O. The summed E-state index contributed by atoms with van der Waals surface area (Å²) in [7, 11) is 0. The minimum Gasteiger partial charge on any atom is -0.483 e. The van der Waals surface area contributed by atoms with E-state index in [0.717, 1.165) is 23.3 Å². The van der Waals surface area contributed by atoms with Crippen LogP contribution in [-0.2, 0) is 13.2 Å². The van der Waals surface area contributed by atoms with Crippen molar-refractivity contribution in [1.82, 2.24) is 9.55 Å². The van der Waals surface area contributed by atoms with Crippen molar-refractivity contribution in [2.45, 2.75) is 20.1 Å². The van der Waals surface area contributed by atoms with Gasteiger partial charge in [-0.2, -0.15) is 0 Å². The van der Waals surface area contributed by atoms with E-state index in [-0.39, 0.29) is 12.4 Å². The number of ether oxygens (including phenoxy) is 1. The number of hydrogen-bond acceptors (Lipinski definition) is 2. The van der Waals surface area contributed by atoms with Gasteiger partial charge in [0, 0.05) is 30.0 Å². The second-order valence-electron chi connectivity index (χ2n) is 5.47. The van der Waals surface area contributed by atoms with Crippen molar-refractivity contribution in [2.75, 3.05) is 0 Å². The predicted octanol–water partition coefficient (Wildman–Crippen LogP) is 4.75. The van der Waals surface area contributed by atoms with Crippen LogP contribution in [0.4, 0.5) is 8.78 Å². The van der Waals surface area contributed by atoms with Crippen LogP contribution < -0.4 is 4.74 Å². The number of nitrogens with zero attached hydrogens (tertiary/aromatic N) is 2. The van der Waals surface area contributed by atoms with Crippen molar-refractivity contribution in [3.8, 4) is 5.75 Å². The van der Waals surface area contributed by atoms with Crippen molar-refractivity contribution in [1.29, 1.82) is 0 Å². The summed E-state index contributed by atoms with van der Waals surface area (Å²) in [5.41, 5.74) is 2.11. The standard InChI is InChI=1S/C18H15ClF2N2O/c1-12-6-13(8-14(19)7-12)10-23-5-4-22-18(23)11-24-17-3-2-15(20)9-16(17)21/h2-9H,10-11H2,1H3. The van der Waals surface area contributed by atoms with E-state index in [2.05, 4.69) is 4.98 Å². The lowest BCUT2D eigenvalue weighted by molar-refractivity contribution is 0.275. The van der Waals surface area contributed by atoms with Gasteiger partial charge in [-0.05, 0) is 42.3 Å². The van der Waals surface area contributed by atoms with Crippen molar-refractivity contribution >= 4 is 11.6 Å². The first-order chi connectivity index (χ1) is 11.5. The molecule has 6 heteroatoms. The Labute approximate surface area is 143 Å². The molecule has 0 fully saturated rings. The minimum atomic E-state index is -0.737. The smallest absolute Gasteiger partial charge is 0.167 e. The maximum absolute atomic E-state index is 13.6. The highest BCUT2D eigenvalue weighted by molar-refractivity contribution is 6.30. The van der Waals surface area contributed by atoms with Crippen LogP contribution in [0.5, 0.6) is 5.75 Å². The number of hydrogen-bond donors (Lipinski definition) is 0. The van der Waals surface area contributed by atoms with E-state index in [9.17, 15) is 8.78 Å². The molecule has 0 saturated heterocycles. The van der Waals surface area contributed by atoms with E-state index in [0.29, 0.717) is 17.4 Å². The molecule has 0 saturated carbocycles. The molecule has 0 radical (unpaired) electrons. The third-order valence-electron chi connectivity index (χ3n) is 3.51. The number of aromatic nitrogens is 2. The highest BCUT2D eigenvalue weighted by Gasteiger charge is 2.09. The fraction of sp³-hybridized carbons (Fsp3) is 0.167. The Morgan fingerprint density at radius 3 is 2.75 bits per heavy atom. The molecule has 3 rings (SSSR count). The van der Waals surface area contributed by atoms with Gasteiger partial charge in [0.2, 0.25) is 0 Å². The molecule has 2 aromatic carbocycles. The fourth-order valence-corrected chi connectivity index (χ4v) is 2.77. The van der Waals surface area contributed by atoms with E-state index in [1.807, 2.05) is 35.9 Å². The van der Waals surface area contributed by atoms with Crippen LogP contribution in [0, 0.1) is 18.6 Å². The van der Waals surface area contributed by atoms with Crippen LogP contribution in [0.25, 0.3) is 0 Å². The summed E-state index contributed by atoms with van der Waals surface area (Å²) in [5.74, 6) is -0.753. The summed E-state index contributed by atoms with van der Waals surface area (Å²) < 4.78 is 33.8. The molecule has 3 aromatic rings. The zero-order valence-electron chi connectivity index (χ0n) is 13.0. The van der Waals surface area contributed by atoms with Crippen LogP contribution in [-0.4, -0.2) is 9.55 Å². The molecular weight excluding hydrogens is 334 g/mol. The Hall–Kier alpha value is -2.40. The molecule has 124 valence electrons. The van der Waals surface area contributed by atoms with Crippen LogP contribution >= 0.6 is 11.6 Å². The molecule has 3 nitrogen and oxygen atoms in total. The Morgan fingerprint density at radius 2 is 2.00 bits per heavy atom. The number of imidazole rings is 1. The van der Waals surface area contributed by atoms with Gasteiger partial charge in [-0.3, -0.25) is 0 Å². The molecule has 0 aliphatic rings. The van der Waals surface area contributed by atoms with E-state index >= 15 is 0 Å². The monoisotopic (exact) mass is 348 g/mol. The fourth-order valence-electron chi connectivity index (χ4n) is 2.46. The number of benzene rings is 2. The first-order valence-corrected chi connectivity index (χ1v) is 7.73. The molecule has 0 N–H and O–H groups in total. The van der Waals surface area contributed by atoms with E-state index in [1.165, 1.54) is 6.07 Å². The van der Waals surface area contributed by atoms with Gasteiger partial charge in [-0.1, -0.05) is 17.7 Å². The van der Waals surface area contributed by atoms with Gasteiger partial charge in [0.15, 0.2) is 11.6 Å². The topological polar surface area (TPSA) is 27.1 Å². The predicted molar refractivity (Wildman–Crippen MR) is 88.2 cm³/mol. The lowest BCUT2D eigenvalue weighted by Gasteiger charge is -2.11. The normalized spacial score (nSPS) is 10.8. The maximum Gasteiger partial charge on any atom is 0.167 e. The Balaban J connectivity index is 1.73. The highest BCUT2D eigenvalue weighted by Crippen LogP contribution is 2.20. The van der Waals surface area contributed by atoms with Gasteiger partial charge in [0.05, 0.1) is 0 Å². The van der Waals surface area contributed by atoms with Gasteiger partial charge in [-0.15, -0.1) is 0 Å². The van der Waals surface area contributed by atoms with E-state index < -0.39 is 11.6 Å². The molecule has 0 atom stereocenters. The third-order valence-corrected chi connectivity index (χ3v) is 3.73. The third kappa shape index (κ3) is 3.92. The summed E-state index contributed by atoms with van der Waals surface area (Å²) in [6.45, 7) is 2.63. The van der Waals surface area contributed by atoms with Crippen molar-refractivity contribution in [3.05, 3.63) is 82.4 Å². The first-order valence-electron chi connectivity index (χ1n) is 7.35. The van der Waals surface area contributed by atoms with Crippen LogP contribution in [0.15, 0.2) is 48.8 Å². The molecule has 24 heavy (non-hydrogen) atoms. The van der Waals surface area contributed by atoms with Gasteiger partial charge < -0.3 is 9.30 Å². The Kier molecular flexibility index (Phi) is 4.81. The molecule has 1 aromatic heterocycles. The number of rotatable bonds is 5. The molecule has 0 bridgehead atoms. The maximum atomic E-state index is 13.6. The summed E-state index contributed by atoms with van der Waals surface area (Å²) >= 11 is 6.08. The molecule has 0 aliphatic carbocycles. The Bertz CT molecular complexity index is 844. The lowest BCUT2D eigenvalue weighted by atomic mass is 10.1. The largest absolute Gasteiger partial charge is 0.483 e. The average Bonchev–Trinajstić information content (AvgIpc) is 2.92. The van der Waals surface area contributed by atoms with E-state index in [4.69, 9.17) is 16.3 Å². The van der Waals surface area contributed by atoms with Gasteiger partial charge >= 0.3 is 0 Å². The van der Waals surface area contributed by atoms with E-state index in [1.54, 1.807) is 6.20 Å². The van der Waals surface area contributed by atoms with Crippen molar-refractivity contribution in [2.24, 2.45) is 0 Å². The quantitative estimate of drug-likeness (QED) is 0.665.